The van der Waals surface area contributed by atoms with Crippen LogP contribution in [0.15, 0.2) is 66.7 Å². The van der Waals surface area contributed by atoms with E-state index in [9.17, 15) is 10.1 Å². The van der Waals surface area contributed by atoms with Crippen molar-refractivity contribution in [2.45, 2.75) is 6.54 Å². The van der Waals surface area contributed by atoms with Crippen LogP contribution in [0.3, 0.4) is 0 Å². The van der Waals surface area contributed by atoms with Crippen LogP contribution in [0.1, 0.15) is 27.2 Å². The van der Waals surface area contributed by atoms with Gasteiger partial charge in [0.05, 0.1) is 22.3 Å². The number of nitriles is 1. The summed E-state index contributed by atoms with van der Waals surface area (Å²) in [4.78, 5) is 13.4. The molecule has 0 amide bonds. The number of benzene rings is 2. The third-order valence-corrected chi connectivity index (χ3v) is 4.62. The van der Waals surface area contributed by atoms with E-state index in [1.165, 1.54) is 0 Å². The third-order valence-electron chi connectivity index (χ3n) is 4.62. The highest BCUT2D eigenvalue weighted by molar-refractivity contribution is 6.11. The smallest absolute Gasteiger partial charge is 0.210 e. The fourth-order valence-electron chi connectivity index (χ4n) is 3.43. The Morgan fingerprint density at radius 3 is 2.62 bits per heavy atom. The molecule has 0 atom stereocenters. The first-order chi connectivity index (χ1) is 12.7. The van der Waals surface area contributed by atoms with Crippen molar-refractivity contribution >= 4 is 22.2 Å². The minimum Gasteiger partial charge on any atom is -0.316 e. The third kappa shape index (κ3) is 2.46. The number of nitrogens with zero attached hydrogens (tertiary/aromatic N) is 2. The second-order valence-electron chi connectivity index (χ2n) is 6.18. The number of pyridine rings is 1. The molecule has 0 fully saturated rings. The van der Waals surface area contributed by atoms with Gasteiger partial charge in [0, 0.05) is 12.1 Å². The zero-order chi connectivity index (χ0) is 18.1. The number of rotatable bonds is 4. The Labute approximate surface area is 151 Å². The maximum absolute atomic E-state index is 13.4. The van der Waals surface area contributed by atoms with Crippen LogP contribution in [0.4, 0.5) is 0 Å². The summed E-state index contributed by atoms with van der Waals surface area (Å²) in [5.74, 6) is -0.0799. The van der Waals surface area contributed by atoms with E-state index >= 15 is 0 Å². The zero-order valence-electron chi connectivity index (χ0n) is 14.4. The predicted octanol–water partition coefficient (Wildman–Crippen LogP) is 3.91. The number of hydrogen-bond donors (Lipinski definition) is 1. The van der Waals surface area contributed by atoms with Gasteiger partial charge in [-0.05, 0) is 36.2 Å². The number of fused-ring (bicyclic) bond motifs is 3. The topological polar surface area (TPSA) is 57.3 Å². The quantitative estimate of drug-likeness (QED) is 0.574. The molecule has 0 spiro atoms. The highest BCUT2D eigenvalue weighted by atomic mass is 16.1. The molecule has 0 radical (unpaired) electrons. The number of ketones is 1. The lowest BCUT2D eigenvalue weighted by molar-refractivity contribution is 0.103. The molecule has 0 aliphatic heterocycles. The largest absolute Gasteiger partial charge is 0.316 e. The molecule has 2 heterocycles. The molecule has 0 bridgehead atoms. The first-order valence-electron chi connectivity index (χ1n) is 8.45. The number of aromatic nitrogens is 1. The van der Waals surface area contributed by atoms with Crippen molar-refractivity contribution < 1.29 is 4.79 Å². The summed E-state index contributed by atoms with van der Waals surface area (Å²) in [5.41, 5.74) is 4.27. The molecule has 4 rings (SSSR count). The summed E-state index contributed by atoms with van der Waals surface area (Å²) in [6.07, 6.45) is 0. The molecular formula is C22H17N3O. The summed E-state index contributed by atoms with van der Waals surface area (Å²) in [6.45, 7) is 0.608. The average Bonchev–Trinajstić information content (AvgIpc) is 3.07. The minimum absolute atomic E-state index is 0.0799. The second-order valence-corrected chi connectivity index (χ2v) is 6.18. The van der Waals surface area contributed by atoms with Crippen molar-refractivity contribution in [3.05, 3.63) is 89.1 Å². The maximum Gasteiger partial charge on any atom is 0.210 e. The van der Waals surface area contributed by atoms with Gasteiger partial charge in [-0.25, -0.2) is 0 Å². The van der Waals surface area contributed by atoms with Gasteiger partial charge in [0.1, 0.15) is 6.07 Å². The van der Waals surface area contributed by atoms with Crippen LogP contribution in [-0.2, 0) is 6.54 Å². The molecule has 0 saturated carbocycles. The summed E-state index contributed by atoms with van der Waals surface area (Å²) in [5, 5.41) is 13.7. The van der Waals surface area contributed by atoms with Crippen molar-refractivity contribution in [1.82, 2.24) is 9.72 Å². The van der Waals surface area contributed by atoms with E-state index in [0.29, 0.717) is 23.4 Å². The van der Waals surface area contributed by atoms with Gasteiger partial charge in [0.2, 0.25) is 5.78 Å². The highest BCUT2D eigenvalue weighted by Crippen LogP contribution is 2.26. The number of carbonyl (C=O) groups is 1. The average molecular weight is 339 g/mol. The number of hydrogen-bond acceptors (Lipinski definition) is 3. The molecule has 4 heteroatoms. The van der Waals surface area contributed by atoms with E-state index < -0.39 is 0 Å². The molecule has 0 unspecified atom stereocenters. The molecule has 0 aliphatic rings. The molecular weight excluding hydrogens is 322 g/mol. The summed E-state index contributed by atoms with van der Waals surface area (Å²) < 4.78 is 1.90. The van der Waals surface area contributed by atoms with Gasteiger partial charge in [-0.1, -0.05) is 48.5 Å². The van der Waals surface area contributed by atoms with Crippen LogP contribution in [0.5, 0.6) is 0 Å². The van der Waals surface area contributed by atoms with Gasteiger partial charge in [-0.15, -0.1) is 0 Å². The first kappa shape index (κ1) is 16.1. The van der Waals surface area contributed by atoms with Gasteiger partial charge in [-0.2, -0.15) is 5.26 Å². The fourth-order valence-corrected chi connectivity index (χ4v) is 3.43. The second kappa shape index (κ2) is 6.47. The number of nitrogens with one attached hydrogen (secondary N) is 1. The molecule has 1 N–H and O–H groups in total. The van der Waals surface area contributed by atoms with E-state index in [1.54, 1.807) is 6.07 Å². The Kier molecular flexibility index (Phi) is 4.00. The van der Waals surface area contributed by atoms with E-state index in [4.69, 9.17) is 0 Å². The SMILES string of the molecule is CNCc1ccccc1C(=O)c1cc(C#N)c2ccc3ccccc3n12. The van der Waals surface area contributed by atoms with E-state index in [0.717, 1.165) is 22.0 Å². The molecule has 26 heavy (non-hydrogen) atoms. The summed E-state index contributed by atoms with van der Waals surface area (Å²) in [6, 6.07) is 23.3. The van der Waals surface area contributed by atoms with E-state index in [-0.39, 0.29) is 5.78 Å². The van der Waals surface area contributed by atoms with Crippen molar-refractivity contribution in [3.8, 4) is 6.07 Å². The summed E-state index contributed by atoms with van der Waals surface area (Å²) >= 11 is 0. The van der Waals surface area contributed by atoms with Crippen LogP contribution in [0.2, 0.25) is 0 Å². The van der Waals surface area contributed by atoms with Gasteiger partial charge >= 0.3 is 0 Å². The number of para-hydroxylation sites is 1. The number of carbonyl (C=O) groups excluding carboxylic acids is 1. The standard InChI is InChI=1S/C22H17N3O/c1-24-14-16-7-2-4-8-18(16)22(26)21-12-17(13-23)20-11-10-15-6-3-5-9-19(15)25(20)21/h2-12,24H,14H2,1H3. The molecule has 0 aliphatic carbocycles. The van der Waals surface area contributed by atoms with Crippen LogP contribution >= 0.6 is 0 Å². The molecule has 4 aromatic rings. The molecule has 0 saturated heterocycles. The summed E-state index contributed by atoms with van der Waals surface area (Å²) in [7, 11) is 1.86. The Morgan fingerprint density at radius 1 is 1.04 bits per heavy atom. The van der Waals surface area contributed by atoms with Gasteiger partial charge in [0.15, 0.2) is 0 Å². The molecule has 126 valence electrons. The normalized spacial score (nSPS) is 10.9. The Morgan fingerprint density at radius 2 is 1.81 bits per heavy atom. The fraction of sp³-hybridized carbons (Fsp3) is 0.0909. The zero-order valence-corrected chi connectivity index (χ0v) is 14.4. The lowest BCUT2D eigenvalue weighted by atomic mass is 10.0. The van der Waals surface area contributed by atoms with Crippen LogP contribution in [0.25, 0.3) is 16.4 Å². The lowest BCUT2D eigenvalue weighted by Crippen LogP contribution is -2.13. The van der Waals surface area contributed by atoms with Crippen LogP contribution in [0, 0.1) is 11.3 Å². The van der Waals surface area contributed by atoms with E-state index in [2.05, 4.69) is 11.4 Å². The predicted molar refractivity (Wildman–Crippen MR) is 102 cm³/mol. The maximum atomic E-state index is 13.4. The lowest BCUT2D eigenvalue weighted by Gasteiger charge is -2.10. The monoisotopic (exact) mass is 339 g/mol. The van der Waals surface area contributed by atoms with E-state index in [1.807, 2.05) is 72.1 Å². The molecule has 4 nitrogen and oxygen atoms in total. The van der Waals surface area contributed by atoms with Gasteiger partial charge in [0.25, 0.3) is 0 Å². The molecule has 2 aromatic heterocycles. The minimum atomic E-state index is -0.0799. The Bertz CT molecular complexity index is 1180. The first-order valence-corrected chi connectivity index (χ1v) is 8.45. The Hall–Kier alpha value is -3.42. The van der Waals surface area contributed by atoms with Crippen molar-refractivity contribution in [2.75, 3.05) is 7.05 Å². The van der Waals surface area contributed by atoms with Crippen molar-refractivity contribution in [2.24, 2.45) is 0 Å². The highest BCUT2D eigenvalue weighted by Gasteiger charge is 2.20. The Balaban J connectivity index is 2.02. The van der Waals surface area contributed by atoms with Crippen molar-refractivity contribution in [1.29, 1.82) is 5.26 Å². The van der Waals surface area contributed by atoms with Crippen molar-refractivity contribution in [3.63, 3.8) is 0 Å². The van der Waals surface area contributed by atoms with Crippen LogP contribution < -0.4 is 5.32 Å². The molecule has 2 aromatic carbocycles. The van der Waals surface area contributed by atoms with Gasteiger partial charge < -0.3 is 9.72 Å². The van der Waals surface area contributed by atoms with Gasteiger partial charge in [-0.3, -0.25) is 4.79 Å². The van der Waals surface area contributed by atoms with Crippen LogP contribution in [-0.4, -0.2) is 17.2 Å².